The van der Waals surface area contributed by atoms with Crippen LogP contribution in [-0.2, 0) is 16.2 Å². The molecule has 0 saturated carbocycles. The average Bonchev–Trinajstić information content (AvgIpc) is 3.56. The molecule has 1 aromatic carbocycles. The molecule has 0 radical (unpaired) electrons. The van der Waals surface area contributed by atoms with E-state index in [4.69, 9.17) is 0 Å². The van der Waals surface area contributed by atoms with Crippen LogP contribution in [-0.4, -0.2) is 29.0 Å². The Labute approximate surface area is 238 Å². The highest BCUT2D eigenvalue weighted by molar-refractivity contribution is 5.79. The molecule has 6 nitrogen and oxygen atoms in total. The summed E-state index contributed by atoms with van der Waals surface area (Å²) in [5, 5.41) is 5.32. The normalized spacial score (nSPS) is 12.1. The summed E-state index contributed by atoms with van der Waals surface area (Å²) in [5.74, 6) is 0. The molecule has 0 unspecified atom stereocenters. The minimum atomic E-state index is 0.167. The van der Waals surface area contributed by atoms with Gasteiger partial charge in [-0.25, -0.2) is 14.5 Å². The Bertz CT molecular complexity index is 1620. The van der Waals surface area contributed by atoms with Gasteiger partial charge in [0, 0.05) is 36.4 Å². The van der Waals surface area contributed by atoms with Crippen molar-refractivity contribution in [2.75, 3.05) is 0 Å². The highest BCUT2D eigenvalue weighted by atomic mass is 15.3. The van der Waals surface area contributed by atoms with Crippen LogP contribution >= 0.6 is 0 Å². The zero-order valence-corrected chi connectivity index (χ0v) is 25.3. The fraction of sp³-hybridized carbons (Fsp3) is 0.353. The fourth-order valence-corrected chi connectivity index (χ4v) is 4.17. The maximum Gasteiger partial charge on any atom is 0.155 e. The first kappa shape index (κ1) is 28.9. The number of hydrogen-bond donors (Lipinski definition) is 0. The van der Waals surface area contributed by atoms with Gasteiger partial charge < -0.3 is 4.40 Å². The first-order valence-corrected chi connectivity index (χ1v) is 13.8. The van der Waals surface area contributed by atoms with E-state index in [-0.39, 0.29) is 16.2 Å². The molecule has 0 aliphatic rings. The monoisotopic (exact) mass is 534 g/mol. The molecule has 0 fully saturated rings. The number of pyridine rings is 3. The van der Waals surface area contributed by atoms with Gasteiger partial charge in [-0.3, -0.25) is 4.98 Å². The molecule has 0 aliphatic heterocycles. The standard InChI is InChI=1S/C13H15N.C11H14N2.C10H13N3/c1-13(2,3)11-6-7-12-10(9-11)5-4-8-14-12;1-11(2,3)9-4-5-10-12-6-7-13(10)8-9;1-10(2,3)8-4-5-9-11-7-12-13(9)6-8/h4-9H,1-3H3;4-8H,1-3H3;4-7H,1-3H3. The summed E-state index contributed by atoms with van der Waals surface area (Å²) in [7, 11) is 0. The number of aromatic nitrogens is 6. The predicted molar refractivity (Wildman–Crippen MR) is 166 cm³/mol. The smallest absolute Gasteiger partial charge is 0.155 e. The van der Waals surface area contributed by atoms with E-state index in [9.17, 15) is 0 Å². The highest BCUT2D eigenvalue weighted by Crippen LogP contribution is 2.25. The van der Waals surface area contributed by atoms with Gasteiger partial charge in [-0.2, -0.15) is 5.10 Å². The van der Waals surface area contributed by atoms with Crippen LogP contribution in [0.1, 0.15) is 79.0 Å². The first-order chi connectivity index (χ1) is 18.7. The topological polar surface area (TPSA) is 60.4 Å². The van der Waals surface area contributed by atoms with Crippen LogP contribution in [0.25, 0.3) is 22.2 Å². The van der Waals surface area contributed by atoms with Gasteiger partial charge >= 0.3 is 0 Å². The minimum Gasteiger partial charge on any atom is -0.307 e. The zero-order chi connectivity index (χ0) is 29.1. The predicted octanol–water partition coefficient (Wildman–Crippen LogP) is 8.19. The van der Waals surface area contributed by atoms with Crippen LogP contribution in [0.15, 0.2) is 91.9 Å². The maximum absolute atomic E-state index is 4.30. The maximum atomic E-state index is 4.30. The molecular formula is C34H42N6. The summed E-state index contributed by atoms with van der Waals surface area (Å²) in [6.07, 6.45) is 11.4. The van der Waals surface area contributed by atoms with Gasteiger partial charge in [0.2, 0.25) is 0 Å². The molecule has 0 amide bonds. The second kappa shape index (κ2) is 11.2. The van der Waals surface area contributed by atoms with Gasteiger partial charge in [0.15, 0.2) is 5.65 Å². The molecule has 0 atom stereocenters. The zero-order valence-electron chi connectivity index (χ0n) is 25.3. The number of fused-ring (bicyclic) bond motifs is 3. The molecule has 0 saturated heterocycles. The van der Waals surface area contributed by atoms with Crippen molar-refractivity contribution >= 4 is 22.2 Å². The largest absolute Gasteiger partial charge is 0.307 e. The Morgan fingerprint density at radius 3 is 1.88 bits per heavy atom. The number of rotatable bonds is 0. The lowest BCUT2D eigenvalue weighted by Crippen LogP contribution is -2.12. The molecule has 6 heteroatoms. The van der Waals surface area contributed by atoms with E-state index in [0.717, 1.165) is 16.8 Å². The number of nitrogens with zero attached hydrogens (tertiary/aromatic N) is 6. The van der Waals surface area contributed by atoms with Gasteiger partial charge in [-0.1, -0.05) is 86.6 Å². The van der Waals surface area contributed by atoms with Crippen LogP contribution in [0.4, 0.5) is 0 Å². The third-order valence-electron chi connectivity index (χ3n) is 6.86. The molecule has 5 aromatic heterocycles. The average molecular weight is 535 g/mol. The van der Waals surface area contributed by atoms with Crippen molar-refractivity contribution < 1.29 is 0 Å². The van der Waals surface area contributed by atoms with Crippen molar-refractivity contribution in [1.29, 1.82) is 0 Å². The van der Waals surface area contributed by atoms with E-state index < -0.39 is 0 Å². The Morgan fingerprint density at radius 1 is 0.575 bits per heavy atom. The summed E-state index contributed by atoms with van der Waals surface area (Å²) >= 11 is 0. The van der Waals surface area contributed by atoms with Crippen LogP contribution in [0.2, 0.25) is 0 Å². The number of imidazole rings is 1. The Hall–Kier alpha value is -4.06. The fourth-order valence-electron chi connectivity index (χ4n) is 4.17. The van der Waals surface area contributed by atoms with E-state index in [1.165, 1.54) is 22.1 Å². The molecule has 6 aromatic rings. The Kier molecular flexibility index (Phi) is 8.10. The van der Waals surface area contributed by atoms with Gasteiger partial charge in [-0.05, 0) is 63.3 Å². The summed E-state index contributed by atoms with van der Waals surface area (Å²) in [6.45, 7) is 19.9. The van der Waals surface area contributed by atoms with E-state index in [1.54, 1.807) is 10.8 Å². The Balaban J connectivity index is 0.000000139. The van der Waals surface area contributed by atoms with Crippen molar-refractivity contribution in [1.82, 2.24) is 29.0 Å². The molecule has 0 bridgehead atoms. The molecule has 0 spiro atoms. The van der Waals surface area contributed by atoms with Crippen LogP contribution in [0.5, 0.6) is 0 Å². The summed E-state index contributed by atoms with van der Waals surface area (Å²) in [5.41, 5.74) is 7.52. The summed E-state index contributed by atoms with van der Waals surface area (Å²) in [4.78, 5) is 12.6. The molecule has 5 heterocycles. The SMILES string of the molecule is CC(C)(C)c1ccc2ncccc2c1.CC(C)(C)c1ccc2nccn2c1.CC(C)(C)c1ccc2ncnn2c1. The molecule has 0 aliphatic carbocycles. The lowest BCUT2D eigenvalue weighted by Gasteiger charge is -2.19. The third-order valence-corrected chi connectivity index (χ3v) is 6.86. The molecule has 208 valence electrons. The number of hydrogen-bond acceptors (Lipinski definition) is 4. The lowest BCUT2D eigenvalue weighted by atomic mass is 9.86. The number of benzene rings is 1. The lowest BCUT2D eigenvalue weighted by molar-refractivity contribution is 0.584. The van der Waals surface area contributed by atoms with E-state index in [2.05, 4.69) is 135 Å². The van der Waals surface area contributed by atoms with Crippen molar-refractivity contribution in [2.24, 2.45) is 0 Å². The van der Waals surface area contributed by atoms with Crippen LogP contribution in [0, 0.1) is 0 Å². The summed E-state index contributed by atoms with van der Waals surface area (Å²) < 4.78 is 3.86. The second-order valence-electron chi connectivity index (χ2n) is 13.3. The van der Waals surface area contributed by atoms with Crippen LogP contribution < -0.4 is 0 Å². The van der Waals surface area contributed by atoms with Gasteiger partial charge in [0.25, 0.3) is 0 Å². The van der Waals surface area contributed by atoms with Crippen molar-refractivity contribution in [3.8, 4) is 0 Å². The second-order valence-corrected chi connectivity index (χ2v) is 13.3. The third kappa shape index (κ3) is 7.12. The van der Waals surface area contributed by atoms with Crippen molar-refractivity contribution in [3.63, 3.8) is 0 Å². The summed E-state index contributed by atoms with van der Waals surface area (Å²) in [6, 6.07) is 18.9. The molecule has 6 rings (SSSR count). The van der Waals surface area contributed by atoms with Crippen molar-refractivity contribution in [2.45, 2.75) is 78.6 Å². The highest BCUT2D eigenvalue weighted by Gasteiger charge is 2.15. The van der Waals surface area contributed by atoms with Gasteiger partial charge in [0.05, 0.1) is 5.52 Å². The van der Waals surface area contributed by atoms with Gasteiger partial charge in [-0.15, -0.1) is 0 Å². The molecular weight excluding hydrogens is 492 g/mol. The van der Waals surface area contributed by atoms with Crippen molar-refractivity contribution in [3.05, 3.63) is 109 Å². The Morgan fingerprint density at radius 2 is 1.20 bits per heavy atom. The molecule has 0 N–H and O–H groups in total. The van der Waals surface area contributed by atoms with E-state index in [1.807, 2.05) is 36.9 Å². The molecule has 40 heavy (non-hydrogen) atoms. The quantitative estimate of drug-likeness (QED) is 0.197. The minimum absolute atomic E-state index is 0.167. The van der Waals surface area contributed by atoms with Crippen LogP contribution in [0.3, 0.4) is 0 Å². The van der Waals surface area contributed by atoms with E-state index in [0.29, 0.717) is 0 Å². The van der Waals surface area contributed by atoms with E-state index >= 15 is 0 Å². The first-order valence-electron chi connectivity index (χ1n) is 13.8. The van der Waals surface area contributed by atoms with Gasteiger partial charge in [0.1, 0.15) is 12.0 Å².